The average molecular weight is 178 g/mol. The van der Waals surface area contributed by atoms with E-state index in [0.29, 0.717) is 5.65 Å². The van der Waals surface area contributed by atoms with E-state index in [4.69, 9.17) is 0 Å². The van der Waals surface area contributed by atoms with Gasteiger partial charge in [0, 0.05) is 6.54 Å². The molecule has 2 aromatic heterocycles. The topological polar surface area (TPSA) is 68.0 Å². The number of tetrazole rings is 1. The average Bonchev–Trinajstić information content (AvgIpc) is 2.61. The van der Waals surface area contributed by atoms with Crippen LogP contribution >= 0.6 is 0 Å². The summed E-state index contributed by atoms with van der Waals surface area (Å²) >= 11 is 0. The second-order valence-electron chi connectivity index (χ2n) is 2.67. The van der Waals surface area contributed by atoms with Crippen molar-refractivity contribution >= 4 is 11.5 Å². The molecule has 0 aliphatic carbocycles. The van der Waals surface area contributed by atoms with Crippen LogP contribution in [0.15, 0.2) is 12.1 Å². The maximum Gasteiger partial charge on any atom is 0.200 e. The van der Waals surface area contributed by atoms with Crippen molar-refractivity contribution in [2.24, 2.45) is 0 Å². The third-order valence-corrected chi connectivity index (χ3v) is 1.63. The lowest BCUT2D eigenvalue weighted by Gasteiger charge is -2.01. The molecule has 2 heterocycles. The monoisotopic (exact) mass is 178 g/mol. The van der Waals surface area contributed by atoms with Crippen LogP contribution in [0.4, 0.5) is 5.82 Å². The molecule has 0 bridgehead atoms. The van der Waals surface area contributed by atoms with E-state index in [1.807, 2.05) is 12.1 Å². The number of fused-ring (bicyclic) bond motifs is 1. The molecule has 6 nitrogen and oxygen atoms in total. The van der Waals surface area contributed by atoms with Gasteiger partial charge >= 0.3 is 0 Å². The van der Waals surface area contributed by atoms with E-state index in [-0.39, 0.29) is 0 Å². The van der Waals surface area contributed by atoms with Crippen LogP contribution in [0.1, 0.15) is 13.3 Å². The molecule has 0 spiro atoms. The van der Waals surface area contributed by atoms with Gasteiger partial charge in [-0.25, -0.2) is 0 Å². The Morgan fingerprint density at radius 1 is 1.46 bits per heavy atom. The van der Waals surface area contributed by atoms with Crippen molar-refractivity contribution in [1.29, 1.82) is 0 Å². The molecule has 1 N–H and O–H groups in total. The van der Waals surface area contributed by atoms with E-state index in [1.54, 1.807) is 0 Å². The van der Waals surface area contributed by atoms with Crippen LogP contribution in [0.5, 0.6) is 0 Å². The van der Waals surface area contributed by atoms with E-state index in [9.17, 15) is 0 Å². The lowest BCUT2D eigenvalue weighted by molar-refractivity contribution is 0.733. The Labute approximate surface area is 74.9 Å². The standard InChI is InChI=1S/C7H10N6/c1-2-5-8-6-3-4-7-9-11-12-13(7)10-6/h3-4H,2,5H2,1H3,(H,8,10). The van der Waals surface area contributed by atoms with E-state index in [2.05, 4.69) is 32.9 Å². The zero-order valence-corrected chi connectivity index (χ0v) is 7.30. The second-order valence-corrected chi connectivity index (χ2v) is 2.67. The highest BCUT2D eigenvalue weighted by Gasteiger charge is 1.98. The van der Waals surface area contributed by atoms with Crippen molar-refractivity contribution in [2.45, 2.75) is 13.3 Å². The smallest absolute Gasteiger partial charge is 0.200 e. The van der Waals surface area contributed by atoms with Gasteiger partial charge in [-0.2, -0.15) is 0 Å². The number of anilines is 1. The van der Waals surface area contributed by atoms with Gasteiger partial charge in [-0.05, 0) is 29.0 Å². The zero-order valence-electron chi connectivity index (χ0n) is 7.30. The minimum absolute atomic E-state index is 0.655. The zero-order chi connectivity index (χ0) is 9.10. The number of aromatic nitrogens is 5. The molecular weight excluding hydrogens is 168 g/mol. The molecule has 0 unspecified atom stereocenters. The molecule has 0 atom stereocenters. The van der Waals surface area contributed by atoms with Crippen LogP contribution in [0.25, 0.3) is 5.65 Å². The molecule has 0 radical (unpaired) electrons. The Kier molecular flexibility index (Phi) is 2.03. The molecule has 0 saturated carbocycles. The minimum atomic E-state index is 0.655. The van der Waals surface area contributed by atoms with E-state index in [1.165, 1.54) is 4.63 Å². The van der Waals surface area contributed by atoms with Crippen LogP contribution < -0.4 is 5.32 Å². The van der Waals surface area contributed by atoms with Crippen molar-refractivity contribution in [3.8, 4) is 0 Å². The van der Waals surface area contributed by atoms with Gasteiger partial charge < -0.3 is 5.32 Å². The fourth-order valence-corrected chi connectivity index (χ4v) is 0.997. The van der Waals surface area contributed by atoms with Crippen molar-refractivity contribution in [2.75, 3.05) is 11.9 Å². The van der Waals surface area contributed by atoms with Crippen LogP contribution in [0.2, 0.25) is 0 Å². The third kappa shape index (κ3) is 1.56. The third-order valence-electron chi connectivity index (χ3n) is 1.63. The predicted octanol–water partition coefficient (Wildman–Crippen LogP) is 0.341. The van der Waals surface area contributed by atoms with Crippen LogP contribution in [0.3, 0.4) is 0 Å². The summed E-state index contributed by atoms with van der Waals surface area (Å²) in [6.07, 6.45) is 1.06. The Bertz CT molecular complexity index is 395. The van der Waals surface area contributed by atoms with Gasteiger partial charge in [-0.3, -0.25) is 0 Å². The molecule has 6 heteroatoms. The van der Waals surface area contributed by atoms with E-state index in [0.717, 1.165) is 18.8 Å². The summed E-state index contributed by atoms with van der Waals surface area (Å²) in [6, 6.07) is 3.69. The van der Waals surface area contributed by atoms with Gasteiger partial charge in [-0.1, -0.05) is 6.92 Å². The Hall–Kier alpha value is -1.72. The molecule has 0 aliphatic rings. The van der Waals surface area contributed by atoms with Crippen molar-refractivity contribution in [3.63, 3.8) is 0 Å². The maximum atomic E-state index is 4.14. The largest absolute Gasteiger partial charge is 0.369 e. The molecule has 0 saturated heterocycles. The van der Waals surface area contributed by atoms with Crippen molar-refractivity contribution in [1.82, 2.24) is 25.3 Å². The summed E-state index contributed by atoms with van der Waals surface area (Å²) in [5, 5.41) is 18.2. The number of hydrogen-bond acceptors (Lipinski definition) is 5. The lowest BCUT2D eigenvalue weighted by Crippen LogP contribution is -2.05. The molecule has 0 amide bonds. The lowest BCUT2D eigenvalue weighted by atomic mass is 10.4. The first-order chi connectivity index (χ1) is 6.40. The van der Waals surface area contributed by atoms with E-state index < -0.39 is 0 Å². The van der Waals surface area contributed by atoms with Crippen molar-refractivity contribution in [3.05, 3.63) is 12.1 Å². The molecular formula is C7H10N6. The fraction of sp³-hybridized carbons (Fsp3) is 0.429. The van der Waals surface area contributed by atoms with Gasteiger partial charge in [0.05, 0.1) is 0 Å². The summed E-state index contributed by atoms with van der Waals surface area (Å²) in [5.41, 5.74) is 0.655. The second kappa shape index (κ2) is 3.34. The molecule has 0 aromatic carbocycles. The highest BCUT2D eigenvalue weighted by Crippen LogP contribution is 2.02. The summed E-state index contributed by atoms with van der Waals surface area (Å²) in [6.45, 7) is 3.00. The first kappa shape index (κ1) is 7.90. The number of nitrogens with one attached hydrogen (secondary N) is 1. The first-order valence-corrected chi connectivity index (χ1v) is 4.19. The van der Waals surface area contributed by atoms with E-state index >= 15 is 0 Å². The first-order valence-electron chi connectivity index (χ1n) is 4.19. The van der Waals surface area contributed by atoms with Gasteiger partial charge in [0.1, 0.15) is 5.82 Å². The summed E-state index contributed by atoms with van der Waals surface area (Å²) in [7, 11) is 0. The van der Waals surface area contributed by atoms with Gasteiger partial charge in [0.15, 0.2) is 5.65 Å². The summed E-state index contributed by atoms with van der Waals surface area (Å²) in [4.78, 5) is 0. The molecule has 2 aromatic rings. The van der Waals surface area contributed by atoms with Crippen LogP contribution in [-0.4, -0.2) is 31.8 Å². The predicted molar refractivity (Wildman–Crippen MR) is 47.4 cm³/mol. The van der Waals surface area contributed by atoms with Gasteiger partial charge in [0.2, 0.25) is 0 Å². The highest BCUT2D eigenvalue weighted by atomic mass is 15.6. The fourth-order valence-electron chi connectivity index (χ4n) is 0.997. The summed E-state index contributed by atoms with van der Waals surface area (Å²) < 4.78 is 1.40. The Balaban J connectivity index is 2.26. The molecule has 13 heavy (non-hydrogen) atoms. The summed E-state index contributed by atoms with van der Waals surface area (Å²) in [5.74, 6) is 0.793. The number of nitrogens with zero attached hydrogens (tertiary/aromatic N) is 5. The molecule has 2 rings (SSSR count). The minimum Gasteiger partial charge on any atom is -0.369 e. The van der Waals surface area contributed by atoms with Crippen molar-refractivity contribution < 1.29 is 0 Å². The number of hydrogen-bond donors (Lipinski definition) is 1. The van der Waals surface area contributed by atoms with Crippen LogP contribution in [-0.2, 0) is 0 Å². The highest BCUT2D eigenvalue weighted by molar-refractivity contribution is 5.41. The Morgan fingerprint density at radius 2 is 2.38 bits per heavy atom. The SMILES string of the molecule is CCCNc1ccc2nnnn2n1. The van der Waals surface area contributed by atoms with Crippen LogP contribution in [0, 0.1) is 0 Å². The van der Waals surface area contributed by atoms with Gasteiger partial charge in [-0.15, -0.1) is 14.8 Å². The normalized spacial score (nSPS) is 10.5. The quantitative estimate of drug-likeness (QED) is 0.734. The molecule has 0 fully saturated rings. The van der Waals surface area contributed by atoms with Gasteiger partial charge in [0.25, 0.3) is 0 Å². The Morgan fingerprint density at radius 3 is 3.23 bits per heavy atom. The maximum absolute atomic E-state index is 4.14. The number of rotatable bonds is 3. The molecule has 68 valence electrons. The molecule has 0 aliphatic heterocycles.